The normalized spacial score (nSPS) is 14.8. The number of nitrogens with one attached hydrogen (secondary N) is 1. The first-order valence-electron chi connectivity index (χ1n) is 11.6. The lowest BCUT2D eigenvalue weighted by Gasteiger charge is -2.38. The summed E-state index contributed by atoms with van der Waals surface area (Å²) in [6.45, 7) is 1.91. The number of rotatable bonds is 10. The molecule has 0 bridgehead atoms. The lowest BCUT2D eigenvalue weighted by Crippen LogP contribution is -2.50. The van der Waals surface area contributed by atoms with Gasteiger partial charge in [0.1, 0.15) is 6.61 Å². The second kappa shape index (κ2) is 10.5. The van der Waals surface area contributed by atoms with E-state index in [2.05, 4.69) is 29.6 Å². The fraction of sp³-hybridized carbons (Fsp3) is 0.423. The van der Waals surface area contributed by atoms with E-state index in [-0.39, 0.29) is 24.2 Å². The van der Waals surface area contributed by atoms with E-state index in [1.54, 1.807) is 4.90 Å². The third-order valence-corrected chi connectivity index (χ3v) is 6.45. The molecular weight excluding hydrogens is 420 g/mol. The Bertz CT molecular complexity index is 970. The maximum absolute atomic E-state index is 12.2. The first-order chi connectivity index (χ1) is 16.0. The molecule has 0 radical (unpaired) electrons. The number of fused-ring (bicyclic) bond motifs is 3. The van der Waals surface area contributed by atoms with Gasteiger partial charge in [0.25, 0.3) is 0 Å². The highest BCUT2D eigenvalue weighted by Gasteiger charge is 2.31. The van der Waals surface area contributed by atoms with Crippen molar-refractivity contribution in [3.05, 3.63) is 59.7 Å². The van der Waals surface area contributed by atoms with Crippen molar-refractivity contribution in [2.45, 2.75) is 38.0 Å². The summed E-state index contributed by atoms with van der Waals surface area (Å²) < 4.78 is 5.52. The average Bonchev–Trinajstić information content (AvgIpc) is 3.10. The monoisotopic (exact) mass is 450 g/mol. The van der Waals surface area contributed by atoms with Gasteiger partial charge in [0.05, 0.1) is 6.42 Å². The molecule has 1 fully saturated rings. The number of benzene rings is 2. The minimum absolute atomic E-state index is 0.0470. The van der Waals surface area contributed by atoms with Gasteiger partial charge in [-0.05, 0) is 35.1 Å². The minimum Gasteiger partial charge on any atom is -0.481 e. The van der Waals surface area contributed by atoms with Crippen LogP contribution in [0.2, 0.25) is 0 Å². The predicted molar refractivity (Wildman–Crippen MR) is 124 cm³/mol. The van der Waals surface area contributed by atoms with Crippen LogP contribution in [0.1, 0.15) is 49.1 Å². The summed E-state index contributed by atoms with van der Waals surface area (Å²) in [6.07, 6.45) is 2.54. The van der Waals surface area contributed by atoms with E-state index in [0.29, 0.717) is 32.7 Å². The van der Waals surface area contributed by atoms with Crippen LogP contribution in [0.4, 0.5) is 4.79 Å². The number of carboxylic acids is 1. The number of nitrogens with zero attached hydrogens (tertiary/aromatic N) is 1. The van der Waals surface area contributed by atoms with Crippen LogP contribution in [0.25, 0.3) is 11.1 Å². The van der Waals surface area contributed by atoms with Crippen molar-refractivity contribution in [1.29, 1.82) is 0 Å². The van der Waals surface area contributed by atoms with Crippen LogP contribution < -0.4 is 5.32 Å². The molecule has 1 aliphatic carbocycles. The molecule has 0 atom stereocenters. The van der Waals surface area contributed by atoms with Crippen LogP contribution >= 0.6 is 0 Å². The van der Waals surface area contributed by atoms with E-state index in [4.69, 9.17) is 9.84 Å². The number of carbonyl (C=O) groups is 3. The standard InChI is InChI=1S/C26H30N2O5/c29-24(28-15-18(16-28)14-25(30)31)12-2-1-7-13-27-26(32)33-17-23-21-10-5-3-8-19(21)20-9-4-6-11-22(20)23/h3-6,8-11,18,23H,1-2,7,12-17H2,(H,27,32)(H,30,31). The summed E-state index contributed by atoms with van der Waals surface area (Å²) in [4.78, 5) is 36.6. The molecule has 2 aromatic rings. The second-order valence-electron chi connectivity index (χ2n) is 8.83. The van der Waals surface area contributed by atoms with E-state index >= 15 is 0 Å². The Hall–Kier alpha value is -3.35. The number of unbranched alkanes of at least 4 members (excludes halogenated alkanes) is 2. The molecule has 2 amide bonds. The maximum atomic E-state index is 12.2. The zero-order valence-corrected chi connectivity index (χ0v) is 18.7. The van der Waals surface area contributed by atoms with E-state index < -0.39 is 12.1 Å². The smallest absolute Gasteiger partial charge is 0.407 e. The van der Waals surface area contributed by atoms with Gasteiger partial charge >= 0.3 is 12.1 Å². The topological polar surface area (TPSA) is 95.9 Å². The molecule has 2 aromatic carbocycles. The molecule has 0 aromatic heterocycles. The van der Waals surface area contributed by atoms with Crippen molar-refractivity contribution >= 4 is 18.0 Å². The summed E-state index contributed by atoms with van der Waals surface area (Å²) >= 11 is 0. The van der Waals surface area contributed by atoms with Crippen molar-refractivity contribution in [1.82, 2.24) is 10.2 Å². The Morgan fingerprint density at radius 1 is 0.939 bits per heavy atom. The second-order valence-corrected chi connectivity index (χ2v) is 8.83. The summed E-state index contributed by atoms with van der Waals surface area (Å²) in [5, 5.41) is 11.6. The molecule has 1 aliphatic heterocycles. The summed E-state index contributed by atoms with van der Waals surface area (Å²) in [5.74, 6) is -0.587. The van der Waals surface area contributed by atoms with Crippen LogP contribution in [0.15, 0.2) is 48.5 Å². The highest BCUT2D eigenvalue weighted by atomic mass is 16.5. The van der Waals surface area contributed by atoms with Crippen LogP contribution in [-0.4, -0.2) is 54.2 Å². The fourth-order valence-electron chi connectivity index (χ4n) is 4.73. The van der Waals surface area contributed by atoms with Crippen molar-refractivity contribution < 1.29 is 24.2 Å². The number of amides is 2. The van der Waals surface area contributed by atoms with Crippen LogP contribution in [0, 0.1) is 5.92 Å². The number of likely N-dealkylation sites (tertiary alicyclic amines) is 1. The molecule has 1 heterocycles. The predicted octanol–water partition coefficient (Wildman–Crippen LogP) is 4.02. The maximum Gasteiger partial charge on any atom is 0.407 e. The van der Waals surface area contributed by atoms with E-state index in [1.807, 2.05) is 24.3 Å². The quantitative estimate of drug-likeness (QED) is 0.533. The molecular formula is C26H30N2O5. The molecule has 33 heavy (non-hydrogen) atoms. The Labute approximate surface area is 193 Å². The average molecular weight is 451 g/mol. The van der Waals surface area contributed by atoms with Crippen molar-refractivity contribution in [2.24, 2.45) is 5.92 Å². The highest BCUT2D eigenvalue weighted by molar-refractivity contribution is 5.79. The zero-order chi connectivity index (χ0) is 23.2. The molecule has 7 heteroatoms. The van der Waals surface area contributed by atoms with Gasteiger partial charge in [-0.15, -0.1) is 0 Å². The van der Waals surface area contributed by atoms with Crippen molar-refractivity contribution in [3.63, 3.8) is 0 Å². The number of ether oxygens (including phenoxy) is 1. The van der Waals surface area contributed by atoms with Crippen LogP contribution in [-0.2, 0) is 14.3 Å². The first-order valence-corrected chi connectivity index (χ1v) is 11.6. The van der Waals surface area contributed by atoms with Crippen molar-refractivity contribution in [2.75, 3.05) is 26.2 Å². The van der Waals surface area contributed by atoms with E-state index in [1.165, 1.54) is 22.3 Å². The number of aliphatic carboxylic acids is 1. The molecule has 1 saturated heterocycles. The van der Waals surface area contributed by atoms with Gasteiger partial charge in [0.2, 0.25) is 5.91 Å². The van der Waals surface area contributed by atoms with Gasteiger partial charge in [-0.1, -0.05) is 55.0 Å². The molecule has 0 unspecified atom stereocenters. The number of hydrogen-bond acceptors (Lipinski definition) is 4. The molecule has 7 nitrogen and oxygen atoms in total. The zero-order valence-electron chi connectivity index (χ0n) is 18.7. The Balaban J connectivity index is 1.11. The van der Waals surface area contributed by atoms with Gasteiger partial charge in [-0.3, -0.25) is 9.59 Å². The van der Waals surface area contributed by atoms with E-state index in [9.17, 15) is 14.4 Å². The highest BCUT2D eigenvalue weighted by Crippen LogP contribution is 2.44. The molecule has 174 valence electrons. The largest absolute Gasteiger partial charge is 0.481 e. The van der Waals surface area contributed by atoms with Gasteiger partial charge < -0.3 is 20.1 Å². The lowest BCUT2D eigenvalue weighted by atomic mass is 9.96. The number of hydrogen-bond donors (Lipinski definition) is 2. The molecule has 2 aliphatic rings. The number of carbonyl (C=O) groups excluding carboxylic acids is 2. The number of carboxylic acid groups (broad SMARTS) is 1. The summed E-state index contributed by atoms with van der Waals surface area (Å²) in [6, 6.07) is 16.5. The first kappa shape index (κ1) is 22.8. The number of alkyl carbamates (subject to hydrolysis) is 1. The van der Waals surface area contributed by atoms with Gasteiger partial charge in [0, 0.05) is 37.9 Å². The summed E-state index contributed by atoms with van der Waals surface area (Å²) in [7, 11) is 0. The minimum atomic E-state index is -0.809. The van der Waals surface area contributed by atoms with Crippen molar-refractivity contribution in [3.8, 4) is 11.1 Å². The Morgan fingerprint density at radius 3 is 2.21 bits per heavy atom. The molecule has 2 N–H and O–H groups in total. The van der Waals surface area contributed by atoms with Crippen LogP contribution in [0.5, 0.6) is 0 Å². The molecule has 0 spiro atoms. The molecule has 4 rings (SSSR count). The van der Waals surface area contributed by atoms with Gasteiger partial charge in [0.15, 0.2) is 0 Å². The summed E-state index contributed by atoms with van der Waals surface area (Å²) in [5.41, 5.74) is 4.78. The van der Waals surface area contributed by atoms with Gasteiger partial charge in [-0.25, -0.2) is 4.79 Å². The Morgan fingerprint density at radius 2 is 1.58 bits per heavy atom. The SMILES string of the molecule is O=C(O)CC1CN(C(=O)CCCCCNC(=O)OCC2c3ccccc3-c3ccccc32)C1. The third kappa shape index (κ3) is 5.53. The van der Waals surface area contributed by atoms with E-state index in [0.717, 1.165) is 19.3 Å². The van der Waals surface area contributed by atoms with Gasteiger partial charge in [-0.2, -0.15) is 0 Å². The third-order valence-electron chi connectivity index (χ3n) is 6.45. The van der Waals surface area contributed by atoms with Crippen LogP contribution in [0.3, 0.4) is 0 Å². The molecule has 0 saturated carbocycles. The lowest BCUT2D eigenvalue weighted by molar-refractivity contribution is -0.145. The Kier molecular flexibility index (Phi) is 7.27. The fourth-order valence-corrected chi connectivity index (χ4v) is 4.73.